The average Bonchev–Trinajstić information content (AvgIpc) is 2.56. The summed E-state index contributed by atoms with van der Waals surface area (Å²) in [6.45, 7) is 1.45. The molecule has 7 heteroatoms. The van der Waals surface area contributed by atoms with Gasteiger partial charge in [-0.15, -0.1) is 0 Å². The fourth-order valence-electron chi connectivity index (χ4n) is 2.17. The summed E-state index contributed by atoms with van der Waals surface area (Å²) in [4.78, 5) is 35.3. The number of nitrogens with zero attached hydrogens (tertiary/aromatic N) is 1. The molecule has 0 unspecified atom stereocenters. The molecule has 1 aliphatic rings. The first-order valence-corrected chi connectivity index (χ1v) is 6.97. The van der Waals surface area contributed by atoms with Crippen LogP contribution in [-0.4, -0.2) is 30.8 Å². The molecule has 1 heterocycles. The summed E-state index contributed by atoms with van der Waals surface area (Å²) >= 11 is 0. The zero-order chi connectivity index (χ0) is 15.9. The molecule has 0 atom stereocenters. The van der Waals surface area contributed by atoms with Crippen molar-refractivity contribution in [3.05, 3.63) is 29.8 Å². The number of benzene rings is 1. The number of hydrogen-bond donors (Lipinski definition) is 3. The minimum absolute atomic E-state index is 0.243. The Morgan fingerprint density at radius 3 is 2.32 bits per heavy atom. The molecule has 0 aromatic heterocycles. The van der Waals surface area contributed by atoms with Crippen LogP contribution < -0.4 is 16.0 Å². The van der Waals surface area contributed by atoms with Crippen LogP contribution in [0.3, 0.4) is 0 Å². The molecule has 1 aliphatic heterocycles. The summed E-state index contributed by atoms with van der Waals surface area (Å²) in [6, 6.07) is 8.02. The minimum atomic E-state index is -0.979. The molecule has 0 aliphatic carbocycles. The number of carbonyl (C=O) groups excluding carboxylic acids is 3. The summed E-state index contributed by atoms with van der Waals surface area (Å²) in [7, 11) is 0. The summed E-state index contributed by atoms with van der Waals surface area (Å²) in [6.07, 6.45) is 1.30. The lowest BCUT2D eigenvalue weighted by Gasteiger charge is -2.21. The van der Waals surface area contributed by atoms with Crippen molar-refractivity contribution in [1.82, 2.24) is 10.6 Å². The van der Waals surface area contributed by atoms with Gasteiger partial charge in [0.2, 0.25) is 5.91 Å². The van der Waals surface area contributed by atoms with E-state index in [0.29, 0.717) is 24.1 Å². The number of hydrogen-bond acceptors (Lipinski definition) is 5. The van der Waals surface area contributed by atoms with Gasteiger partial charge in [0.05, 0.1) is 11.6 Å². The van der Waals surface area contributed by atoms with Crippen LogP contribution in [-0.2, 0) is 14.4 Å². The second kappa shape index (κ2) is 7.33. The summed E-state index contributed by atoms with van der Waals surface area (Å²) < 4.78 is 0. The van der Waals surface area contributed by atoms with Crippen molar-refractivity contribution in [3.63, 3.8) is 0 Å². The molecule has 0 saturated carbocycles. The lowest BCUT2D eigenvalue weighted by Crippen LogP contribution is -2.44. The quantitative estimate of drug-likeness (QED) is 0.673. The number of amides is 3. The van der Waals surface area contributed by atoms with Crippen molar-refractivity contribution in [1.29, 1.82) is 5.26 Å². The Bertz CT molecular complexity index is 613. The number of imide groups is 1. The Hall–Kier alpha value is -2.72. The molecular formula is C15H16N4O3. The van der Waals surface area contributed by atoms with E-state index in [9.17, 15) is 14.4 Å². The third kappa shape index (κ3) is 4.14. The van der Waals surface area contributed by atoms with Gasteiger partial charge in [0.1, 0.15) is 0 Å². The smallest absolute Gasteiger partial charge is 0.316 e. The van der Waals surface area contributed by atoms with E-state index in [1.54, 1.807) is 0 Å². The number of piperidine rings is 1. The Kier molecular flexibility index (Phi) is 5.22. The van der Waals surface area contributed by atoms with Crippen LogP contribution in [0.2, 0.25) is 0 Å². The lowest BCUT2D eigenvalue weighted by atomic mass is 9.97. The van der Waals surface area contributed by atoms with E-state index in [-0.39, 0.29) is 5.92 Å². The van der Waals surface area contributed by atoms with Crippen molar-refractivity contribution >= 4 is 23.4 Å². The fourth-order valence-corrected chi connectivity index (χ4v) is 2.17. The van der Waals surface area contributed by atoms with Gasteiger partial charge in [-0.1, -0.05) is 0 Å². The maximum Gasteiger partial charge on any atom is 0.316 e. The van der Waals surface area contributed by atoms with Gasteiger partial charge in [0, 0.05) is 11.6 Å². The maximum absolute atomic E-state index is 11.9. The van der Waals surface area contributed by atoms with Crippen molar-refractivity contribution in [2.75, 3.05) is 18.4 Å². The normalized spacial score (nSPS) is 14.7. The second-order valence-electron chi connectivity index (χ2n) is 4.99. The van der Waals surface area contributed by atoms with Gasteiger partial charge in [-0.2, -0.15) is 5.26 Å². The fraction of sp³-hybridized carbons (Fsp3) is 0.333. The highest BCUT2D eigenvalue weighted by Crippen LogP contribution is 2.11. The molecular weight excluding hydrogens is 284 g/mol. The lowest BCUT2D eigenvalue weighted by molar-refractivity contribution is -0.141. The van der Waals surface area contributed by atoms with E-state index in [1.807, 2.05) is 6.07 Å². The Morgan fingerprint density at radius 2 is 1.73 bits per heavy atom. The SMILES string of the molecule is N#Cc1ccc(NC(=O)C(=O)NC(=O)C2CCNCC2)cc1. The molecule has 3 N–H and O–H groups in total. The number of rotatable bonds is 2. The Balaban J connectivity index is 1.87. The molecule has 0 spiro atoms. The molecule has 22 heavy (non-hydrogen) atoms. The highest BCUT2D eigenvalue weighted by atomic mass is 16.2. The van der Waals surface area contributed by atoms with Crippen LogP contribution in [0.15, 0.2) is 24.3 Å². The van der Waals surface area contributed by atoms with Crippen LogP contribution in [0.4, 0.5) is 5.69 Å². The van der Waals surface area contributed by atoms with Gasteiger partial charge in [-0.25, -0.2) is 0 Å². The third-order valence-corrected chi connectivity index (χ3v) is 3.42. The van der Waals surface area contributed by atoms with Crippen LogP contribution in [0.5, 0.6) is 0 Å². The van der Waals surface area contributed by atoms with E-state index in [0.717, 1.165) is 13.1 Å². The van der Waals surface area contributed by atoms with E-state index in [1.165, 1.54) is 24.3 Å². The third-order valence-electron chi connectivity index (χ3n) is 3.42. The van der Waals surface area contributed by atoms with Crippen molar-refractivity contribution in [2.45, 2.75) is 12.8 Å². The van der Waals surface area contributed by atoms with E-state index < -0.39 is 17.7 Å². The van der Waals surface area contributed by atoms with Crippen molar-refractivity contribution < 1.29 is 14.4 Å². The van der Waals surface area contributed by atoms with Gasteiger partial charge in [-0.3, -0.25) is 19.7 Å². The molecule has 1 fully saturated rings. The largest absolute Gasteiger partial charge is 0.318 e. The predicted molar refractivity (Wildman–Crippen MR) is 78.5 cm³/mol. The highest BCUT2D eigenvalue weighted by Gasteiger charge is 2.25. The molecule has 7 nitrogen and oxygen atoms in total. The topological polar surface area (TPSA) is 111 Å². The molecule has 1 saturated heterocycles. The number of carbonyl (C=O) groups is 3. The van der Waals surface area contributed by atoms with Crippen LogP contribution in [0.1, 0.15) is 18.4 Å². The Labute approximate surface area is 127 Å². The molecule has 0 bridgehead atoms. The van der Waals surface area contributed by atoms with Gasteiger partial charge in [0.15, 0.2) is 0 Å². The highest BCUT2D eigenvalue weighted by molar-refractivity contribution is 6.41. The van der Waals surface area contributed by atoms with Gasteiger partial charge >= 0.3 is 11.8 Å². The second-order valence-corrected chi connectivity index (χ2v) is 4.99. The molecule has 1 aromatic rings. The van der Waals surface area contributed by atoms with E-state index in [4.69, 9.17) is 5.26 Å². The molecule has 1 aromatic carbocycles. The first kappa shape index (κ1) is 15.7. The molecule has 2 rings (SSSR count). The summed E-state index contributed by atoms with van der Waals surface area (Å²) in [5.41, 5.74) is 0.831. The van der Waals surface area contributed by atoms with Crippen molar-refractivity contribution in [2.24, 2.45) is 5.92 Å². The molecule has 0 radical (unpaired) electrons. The Morgan fingerprint density at radius 1 is 1.09 bits per heavy atom. The van der Waals surface area contributed by atoms with Crippen LogP contribution in [0, 0.1) is 17.2 Å². The molecule has 114 valence electrons. The van der Waals surface area contributed by atoms with E-state index >= 15 is 0 Å². The van der Waals surface area contributed by atoms with E-state index in [2.05, 4.69) is 16.0 Å². The predicted octanol–water partition coefficient (Wildman–Crippen LogP) is 0.139. The van der Waals surface area contributed by atoms with Gasteiger partial charge < -0.3 is 10.6 Å². The zero-order valence-electron chi connectivity index (χ0n) is 11.9. The number of anilines is 1. The average molecular weight is 300 g/mol. The minimum Gasteiger partial charge on any atom is -0.318 e. The first-order chi connectivity index (χ1) is 10.6. The summed E-state index contributed by atoms with van der Waals surface area (Å²) in [5, 5.41) is 16.3. The van der Waals surface area contributed by atoms with Gasteiger partial charge in [-0.05, 0) is 50.2 Å². The molecule has 3 amide bonds. The number of nitriles is 1. The summed E-state index contributed by atoms with van der Waals surface area (Å²) in [5.74, 6) is -2.55. The van der Waals surface area contributed by atoms with Crippen LogP contribution >= 0.6 is 0 Å². The first-order valence-electron chi connectivity index (χ1n) is 6.97. The van der Waals surface area contributed by atoms with Crippen LogP contribution in [0.25, 0.3) is 0 Å². The van der Waals surface area contributed by atoms with Crippen molar-refractivity contribution in [3.8, 4) is 6.07 Å². The van der Waals surface area contributed by atoms with Gasteiger partial charge in [0.25, 0.3) is 0 Å². The zero-order valence-corrected chi connectivity index (χ0v) is 11.9. The maximum atomic E-state index is 11.9. The standard InChI is InChI=1S/C15H16N4O3/c16-9-10-1-3-12(4-2-10)18-14(21)15(22)19-13(20)11-5-7-17-8-6-11/h1-4,11,17H,5-8H2,(H,18,21)(H,19,20,22). The number of nitrogens with one attached hydrogen (secondary N) is 3. The monoisotopic (exact) mass is 300 g/mol.